The van der Waals surface area contributed by atoms with Gasteiger partial charge in [-0.1, -0.05) is 12.8 Å². The highest BCUT2D eigenvalue weighted by Gasteiger charge is 2.26. The Kier molecular flexibility index (Phi) is 5.45. The van der Waals surface area contributed by atoms with Crippen LogP contribution < -0.4 is 5.32 Å². The number of hydrogen-bond acceptors (Lipinski definition) is 3. The molecule has 17 heavy (non-hydrogen) atoms. The van der Waals surface area contributed by atoms with Gasteiger partial charge in [0.05, 0.1) is 6.10 Å². The molecule has 0 amide bonds. The average molecular weight is 259 g/mol. The van der Waals surface area contributed by atoms with Crippen molar-refractivity contribution >= 4 is 10.8 Å². The Hall–Kier alpha value is 0.0700. The van der Waals surface area contributed by atoms with E-state index >= 15 is 0 Å². The van der Waals surface area contributed by atoms with E-state index in [1.165, 1.54) is 25.7 Å². The van der Waals surface area contributed by atoms with Crippen molar-refractivity contribution < 1.29 is 8.95 Å². The molecular formula is C13H25NO2S. The molecule has 1 heterocycles. The van der Waals surface area contributed by atoms with Crippen LogP contribution in [-0.2, 0) is 15.5 Å². The predicted molar refractivity (Wildman–Crippen MR) is 71.7 cm³/mol. The van der Waals surface area contributed by atoms with E-state index < -0.39 is 10.8 Å². The van der Waals surface area contributed by atoms with E-state index in [0.717, 1.165) is 36.9 Å². The zero-order valence-corrected chi connectivity index (χ0v) is 11.6. The monoisotopic (exact) mass is 259 g/mol. The third kappa shape index (κ3) is 4.04. The van der Waals surface area contributed by atoms with Crippen molar-refractivity contribution in [1.82, 2.24) is 5.32 Å². The van der Waals surface area contributed by atoms with Gasteiger partial charge in [0.15, 0.2) is 0 Å². The van der Waals surface area contributed by atoms with Crippen LogP contribution in [0.2, 0.25) is 0 Å². The lowest BCUT2D eigenvalue weighted by Crippen LogP contribution is -2.38. The van der Waals surface area contributed by atoms with Crippen LogP contribution in [0.5, 0.6) is 0 Å². The lowest BCUT2D eigenvalue weighted by Gasteiger charge is -2.23. The normalized spacial score (nSPS) is 29.6. The third-order valence-corrected chi connectivity index (χ3v) is 5.58. The van der Waals surface area contributed by atoms with E-state index in [0.29, 0.717) is 6.04 Å². The first-order valence-electron chi connectivity index (χ1n) is 6.93. The first kappa shape index (κ1) is 13.5. The Morgan fingerprint density at radius 2 is 2.06 bits per heavy atom. The molecule has 0 aromatic rings. The first-order chi connectivity index (χ1) is 8.29. The van der Waals surface area contributed by atoms with E-state index in [9.17, 15) is 4.21 Å². The molecule has 3 atom stereocenters. The van der Waals surface area contributed by atoms with Crippen LogP contribution in [0, 0.1) is 5.92 Å². The maximum absolute atomic E-state index is 12.1. The molecule has 3 unspecified atom stereocenters. The van der Waals surface area contributed by atoms with Crippen molar-refractivity contribution in [3.63, 3.8) is 0 Å². The van der Waals surface area contributed by atoms with E-state index in [1.807, 2.05) is 7.05 Å². The van der Waals surface area contributed by atoms with Gasteiger partial charge in [0, 0.05) is 35.0 Å². The van der Waals surface area contributed by atoms with Gasteiger partial charge in [-0.25, -0.2) is 0 Å². The number of nitrogens with one attached hydrogen (secondary N) is 1. The zero-order chi connectivity index (χ0) is 12.1. The van der Waals surface area contributed by atoms with Gasteiger partial charge in [0.2, 0.25) is 0 Å². The molecule has 0 aromatic heterocycles. The average Bonchev–Trinajstić information content (AvgIpc) is 2.97. The van der Waals surface area contributed by atoms with Gasteiger partial charge in [-0.15, -0.1) is 0 Å². The van der Waals surface area contributed by atoms with Crippen molar-refractivity contribution in [3.05, 3.63) is 0 Å². The molecule has 2 rings (SSSR count). The van der Waals surface area contributed by atoms with Crippen molar-refractivity contribution in [3.8, 4) is 0 Å². The largest absolute Gasteiger partial charge is 0.377 e. The van der Waals surface area contributed by atoms with Gasteiger partial charge >= 0.3 is 0 Å². The van der Waals surface area contributed by atoms with E-state index in [-0.39, 0.29) is 6.10 Å². The Balaban J connectivity index is 1.74. The Morgan fingerprint density at radius 1 is 1.29 bits per heavy atom. The molecule has 0 aromatic carbocycles. The number of rotatable bonds is 6. The zero-order valence-electron chi connectivity index (χ0n) is 10.8. The van der Waals surface area contributed by atoms with Crippen LogP contribution in [0.3, 0.4) is 0 Å². The number of hydrogen-bond donors (Lipinski definition) is 1. The Bertz CT molecular complexity index is 248. The van der Waals surface area contributed by atoms with Crippen molar-refractivity contribution in [1.29, 1.82) is 0 Å². The molecule has 0 radical (unpaired) electrons. The molecule has 0 bridgehead atoms. The molecule has 4 heteroatoms. The van der Waals surface area contributed by atoms with E-state index in [4.69, 9.17) is 4.74 Å². The molecule has 0 spiro atoms. The maximum atomic E-state index is 12.1. The van der Waals surface area contributed by atoms with E-state index in [2.05, 4.69) is 5.32 Å². The maximum Gasteiger partial charge on any atom is 0.0691 e. The quantitative estimate of drug-likeness (QED) is 0.789. The molecule has 1 saturated carbocycles. The smallest absolute Gasteiger partial charge is 0.0691 e. The summed E-state index contributed by atoms with van der Waals surface area (Å²) in [6.45, 7) is 0.861. The summed E-state index contributed by atoms with van der Waals surface area (Å²) in [5.74, 6) is 2.29. The summed E-state index contributed by atoms with van der Waals surface area (Å²) in [7, 11) is 1.28. The fourth-order valence-corrected chi connectivity index (χ4v) is 4.72. The second-order valence-corrected chi connectivity index (χ2v) is 6.89. The van der Waals surface area contributed by atoms with Crippen LogP contribution in [-0.4, -0.2) is 41.5 Å². The van der Waals surface area contributed by atoms with Gasteiger partial charge in [-0.05, 0) is 38.6 Å². The topological polar surface area (TPSA) is 38.3 Å². The minimum absolute atomic E-state index is 0.261. The minimum Gasteiger partial charge on any atom is -0.377 e. The highest BCUT2D eigenvalue weighted by atomic mass is 32.2. The molecule has 1 aliphatic heterocycles. The summed E-state index contributed by atoms with van der Waals surface area (Å²) in [4.78, 5) is 0. The van der Waals surface area contributed by atoms with Gasteiger partial charge in [-0.2, -0.15) is 0 Å². The summed E-state index contributed by atoms with van der Waals surface area (Å²) < 4.78 is 17.7. The fourth-order valence-electron chi connectivity index (χ4n) is 3.07. The Labute approximate surface area is 107 Å². The molecule has 2 aliphatic rings. The molecule has 1 aliphatic carbocycles. The first-order valence-corrected chi connectivity index (χ1v) is 8.42. The predicted octanol–water partition coefficient (Wildman–Crippen LogP) is 1.69. The van der Waals surface area contributed by atoms with Crippen molar-refractivity contribution in [2.24, 2.45) is 5.92 Å². The second kappa shape index (κ2) is 6.86. The molecular weight excluding hydrogens is 234 g/mol. The number of ether oxygens (including phenoxy) is 1. The van der Waals surface area contributed by atoms with Crippen molar-refractivity contribution in [2.75, 3.05) is 25.2 Å². The lowest BCUT2D eigenvalue weighted by atomic mass is 10.0. The molecule has 3 nitrogen and oxygen atoms in total. The summed E-state index contributed by atoms with van der Waals surface area (Å²) in [5.41, 5.74) is 0. The summed E-state index contributed by atoms with van der Waals surface area (Å²) in [6.07, 6.45) is 7.81. The third-order valence-electron chi connectivity index (χ3n) is 4.10. The standard InChI is InChI=1S/C13H25NO2S/c1-14-13(11-5-2-3-6-11)10-17(15)9-12-7-4-8-16-12/h11-14H,2-10H2,1H3. The van der Waals surface area contributed by atoms with Crippen LogP contribution >= 0.6 is 0 Å². The fraction of sp³-hybridized carbons (Fsp3) is 1.00. The summed E-state index contributed by atoms with van der Waals surface area (Å²) in [5, 5.41) is 3.37. The second-order valence-electron chi connectivity index (χ2n) is 5.35. The highest BCUT2D eigenvalue weighted by molar-refractivity contribution is 7.85. The molecule has 2 fully saturated rings. The molecule has 1 saturated heterocycles. The SMILES string of the molecule is CNC(CS(=O)CC1CCCO1)C1CCCC1. The van der Waals surface area contributed by atoms with Crippen LogP contribution in [0.1, 0.15) is 38.5 Å². The lowest BCUT2D eigenvalue weighted by molar-refractivity contribution is 0.128. The highest BCUT2D eigenvalue weighted by Crippen LogP contribution is 2.28. The minimum atomic E-state index is -0.723. The molecule has 1 N–H and O–H groups in total. The van der Waals surface area contributed by atoms with Crippen molar-refractivity contribution in [2.45, 2.75) is 50.7 Å². The van der Waals surface area contributed by atoms with Crippen LogP contribution in [0.15, 0.2) is 0 Å². The molecule has 100 valence electrons. The van der Waals surface area contributed by atoms with Gasteiger partial charge in [0.25, 0.3) is 0 Å². The summed E-state index contributed by atoms with van der Waals surface area (Å²) in [6, 6.07) is 0.444. The summed E-state index contributed by atoms with van der Waals surface area (Å²) >= 11 is 0. The van der Waals surface area contributed by atoms with Crippen LogP contribution in [0.25, 0.3) is 0 Å². The van der Waals surface area contributed by atoms with Gasteiger partial charge in [-0.3, -0.25) is 4.21 Å². The van der Waals surface area contributed by atoms with Crippen LogP contribution in [0.4, 0.5) is 0 Å². The Morgan fingerprint density at radius 3 is 2.65 bits per heavy atom. The van der Waals surface area contributed by atoms with Gasteiger partial charge in [0.1, 0.15) is 0 Å². The van der Waals surface area contributed by atoms with E-state index in [1.54, 1.807) is 0 Å². The van der Waals surface area contributed by atoms with Gasteiger partial charge < -0.3 is 10.1 Å².